The van der Waals surface area contributed by atoms with Gasteiger partial charge in [-0.3, -0.25) is 14.4 Å². The maximum absolute atomic E-state index is 14.6. The fraction of sp³-hybridized carbons (Fsp3) is 0.367. The van der Waals surface area contributed by atoms with Gasteiger partial charge < -0.3 is 14.4 Å². The van der Waals surface area contributed by atoms with Gasteiger partial charge in [-0.2, -0.15) is 0 Å². The number of benzene rings is 3. The third-order valence-electron chi connectivity index (χ3n) is 7.31. The third kappa shape index (κ3) is 7.42. The molecule has 226 valence electrons. The van der Waals surface area contributed by atoms with Crippen LogP contribution in [0.25, 0.3) is 0 Å². The van der Waals surface area contributed by atoms with Crippen LogP contribution in [0.4, 0.5) is 18.9 Å². The summed E-state index contributed by atoms with van der Waals surface area (Å²) in [6.45, 7) is 4.71. The van der Waals surface area contributed by atoms with Crippen molar-refractivity contribution in [2.75, 3.05) is 38.6 Å². The highest BCUT2D eigenvalue weighted by Crippen LogP contribution is 2.28. The molecule has 0 unspecified atom stereocenters. The minimum atomic E-state index is -4.15. The molecule has 1 aliphatic rings. The number of carbonyl (C=O) groups is 1. The monoisotopic (exact) mass is 605 g/mol. The average Bonchev–Trinajstić information content (AvgIpc) is 2.95. The normalized spacial score (nSPS) is 20.7. The van der Waals surface area contributed by atoms with Gasteiger partial charge in [0.1, 0.15) is 29.8 Å². The number of methoxy groups -OCH3 is 1. The summed E-state index contributed by atoms with van der Waals surface area (Å²) >= 11 is 0. The second-order valence-corrected chi connectivity index (χ2v) is 12.2. The zero-order chi connectivity index (χ0) is 30.6. The summed E-state index contributed by atoms with van der Waals surface area (Å²) in [6.07, 6.45) is -0.399. The van der Waals surface area contributed by atoms with Gasteiger partial charge in [0.25, 0.3) is 15.9 Å². The SMILES string of the molecule is CO[C@H]1CN(C)C(=O)c2cc(NS(=O)(=O)c3cccc(F)c3)ccc2OC[C@H](C)N(Cc2cc(F)ccc2F)C[C@@H]1C. The number of halogens is 3. The zero-order valence-corrected chi connectivity index (χ0v) is 24.6. The van der Waals surface area contributed by atoms with Crippen molar-refractivity contribution >= 4 is 21.6 Å². The molecular weight excluding hydrogens is 571 g/mol. The Morgan fingerprint density at radius 3 is 2.45 bits per heavy atom. The molecular formula is C30H34F3N3O5S. The Balaban J connectivity index is 1.67. The molecule has 0 saturated heterocycles. The number of nitrogens with zero attached hydrogens (tertiary/aromatic N) is 2. The fourth-order valence-electron chi connectivity index (χ4n) is 4.87. The van der Waals surface area contributed by atoms with Crippen molar-refractivity contribution in [2.45, 2.75) is 37.4 Å². The first-order valence-corrected chi connectivity index (χ1v) is 14.9. The molecule has 0 aliphatic carbocycles. The van der Waals surface area contributed by atoms with E-state index in [1.807, 2.05) is 18.7 Å². The van der Waals surface area contributed by atoms with Gasteiger partial charge in [-0.05, 0) is 67.4 Å². The molecule has 1 N–H and O–H groups in total. The number of nitrogens with one attached hydrogen (secondary N) is 1. The van der Waals surface area contributed by atoms with Gasteiger partial charge in [0.2, 0.25) is 0 Å². The lowest BCUT2D eigenvalue weighted by molar-refractivity contribution is 0.00903. The van der Waals surface area contributed by atoms with Gasteiger partial charge in [-0.25, -0.2) is 21.6 Å². The van der Waals surface area contributed by atoms with Crippen molar-refractivity contribution in [2.24, 2.45) is 5.92 Å². The molecule has 3 aromatic rings. The summed E-state index contributed by atoms with van der Waals surface area (Å²) in [5.74, 6) is -2.08. The van der Waals surface area contributed by atoms with Crippen LogP contribution in [-0.2, 0) is 21.3 Å². The fourth-order valence-corrected chi connectivity index (χ4v) is 5.95. The van der Waals surface area contributed by atoms with Crippen molar-refractivity contribution in [3.05, 3.63) is 89.2 Å². The number of sulfonamides is 1. The molecule has 1 heterocycles. The first-order chi connectivity index (χ1) is 19.9. The van der Waals surface area contributed by atoms with Gasteiger partial charge in [0.15, 0.2) is 0 Å². The minimum absolute atomic E-state index is 0.0865. The number of rotatable bonds is 6. The first-order valence-electron chi connectivity index (χ1n) is 13.4. The van der Waals surface area contributed by atoms with Gasteiger partial charge in [-0.15, -0.1) is 0 Å². The van der Waals surface area contributed by atoms with E-state index in [9.17, 15) is 26.4 Å². The van der Waals surface area contributed by atoms with E-state index in [0.29, 0.717) is 6.54 Å². The van der Waals surface area contributed by atoms with Crippen molar-refractivity contribution in [3.63, 3.8) is 0 Å². The summed E-state index contributed by atoms with van der Waals surface area (Å²) in [6, 6.07) is 11.9. The Hall–Kier alpha value is -3.61. The molecule has 8 nitrogen and oxygen atoms in total. The lowest BCUT2D eigenvalue weighted by Crippen LogP contribution is -2.46. The highest BCUT2D eigenvalue weighted by molar-refractivity contribution is 7.92. The highest BCUT2D eigenvalue weighted by Gasteiger charge is 2.29. The maximum Gasteiger partial charge on any atom is 0.261 e. The molecule has 0 radical (unpaired) electrons. The van der Waals surface area contributed by atoms with Gasteiger partial charge in [0.05, 0.1) is 16.6 Å². The number of hydrogen-bond acceptors (Lipinski definition) is 6. The molecule has 0 fully saturated rings. The molecule has 3 atom stereocenters. The maximum atomic E-state index is 14.6. The number of anilines is 1. The van der Waals surface area contributed by atoms with Crippen LogP contribution in [0.15, 0.2) is 65.6 Å². The molecule has 42 heavy (non-hydrogen) atoms. The number of amides is 1. The summed E-state index contributed by atoms with van der Waals surface area (Å²) in [5.41, 5.74) is 0.399. The Morgan fingerprint density at radius 2 is 1.74 bits per heavy atom. The molecule has 12 heteroatoms. The number of ether oxygens (including phenoxy) is 2. The number of hydrogen-bond donors (Lipinski definition) is 1. The Morgan fingerprint density at radius 1 is 1.00 bits per heavy atom. The van der Waals surface area contributed by atoms with Crippen LogP contribution in [0.1, 0.15) is 29.8 Å². The molecule has 0 saturated carbocycles. The number of likely N-dealkylation sites (N-methyl/N-ethyl adjacent to an activating group) is 1. The molecule has 3 aromatic carbocycles. The first kappa shape index (κ1) is 31.3. The number of carbonyl (C=O) groups excluding carboxylic acids is 1. The third-order valence-corrected chi connectivity index (χ3v) is 8.69. The van der Waals surface area contributed by atoms with Crippen molar-refractivity contribution < 1.29 is 35.9 Å². The van der Waals surface area contributed by atoms with E-state index in [1.165, 1.54) is 41.3 Å². The summed E-state index contributed by atoms with van der Waals surface area (Å²) in [5, 5.41) is 0. The van der Waals surface area contributed by atoms with Crippen LogP contribution in [0.2, 0.25) is 0 Å². The number of fused-ring (bicyclic) bond motifs is 1. The van der Waals surface area contributed by atoms with Gasteiger partial charge in [-0.1, -0.05) is 13.0 Å². The van der Waals surface area contributed by atoms with E-state index < -0.39 is 39.5 Å². The molecule has 0 bridgehead atoms. The van der Waals surface area contributed by atoms with Crippen molar-refractivity contribution in [1.29, 1.82) is 0 Å². The molecule has 1 amide bonds. The molecule has 4 rings (SSSR count). The topological polar surface area (TPSA) is 88.2 Å². The second kappa shape index (κ2) is 13.1. The quantitative estimate of drug-likeness (QED) is 0.430. The van der Waals surface area contributed by atoms with E-state index in [4.69, 9.17) is 9.47 Å². The van der Waals surface area contributed by atoms with E-state index in [-0.39, 0.29) is 59.1 Å². The zero-order valence-electron chi connectivity index (χ0n) is 23.8. The molecule has 0 spiro atoms. The van der Waals surface area contributed by atoms with Gasteiger partial charge in [0, 0.05) is 51.1 Å². The van der Waals surface area contributed by atoms with E-state index in [0.717, 1.165) is 24.3 Å². The van der Waals surface area contributed by atoms with E-state index in [1.54, 1.807) is 14.2 Å². The summed E-state index contributed by atoms with van der Waals surface area (Å²) in [7, 11) is -1.00. The van der Waals surface area contributed by atoms with Crippen LogP contribution in [-0.4, -0.2) is 70.1 Å². The van der Waals surface area contributed by atoms with Crippen molar-refractivity contribution in [1.82, 2.24) is 9.80 Å². The lowest BCUT2D eigenvalue weighted by atomic mass is 10.0. The van der Waals surface area contributed by atoms with Crippen LogP contribution in [0.3, 0.4) is 0 Å². The second-order valence-electron chi connectivity index (χ2n) is 10.5. The summed E-state index contributed by atoms with van der Waals surface area (Å²) in [4.78, 5) is 16.7. The highest BCUT2D eigenvalue weighted by atomic mass is 32.2. The van der Waals surface area contributed by atoms with E-state index in [2.05, 4.69) is 4.72 Å². The predicted octanol–water partition coefficient (Wildman–Crippen LogP) is 4.91. The van der Waals surface area contributed by atoms with Gasteiger partial charge >= 0.3 is 0 Å². The molecule has 0 aromatic heterocycles. The summed E-state index contributed by atoms with van der Waals surface area (Å²) < 4.78 is 82.1. The standard InChI is InChI=1S/C30H34F3N3O5S/c1-19-15-36(16-21-12-23(32)8-10-27(21)33)20(2)18-41-28-11-9-24(14-26(28)30(37)35(3)17-29(19)40-4)34-42(38,39)25-7-5-6-22(31)13-25/h5-14,19-20,29,34H,15-18H2,1-4H3/t19-,20-,29-/m0/s1. The Bertz CT molecular complexity index is 1540. The predicted molar refractivity (Wildman–Crippen MR) is 152 cm³/mol. The smallest absolute Gasteiger partial charge is 0.261 e. The molecule has 1 aliphatic heterocycles. The largest absolute Gasteiger partial charge is 0.491 e. The van der Waals surface area contributed by atoms with Crippen LogP contribution >= 0.6 is 0 Å². The van der Waals surface area contributed by atoms with Crippen LogP contribution in [0.5, 0.6) is 5.75 Å². The average molecular weight is 606 g/mol. The van der Waals surface area contributed by atoms with Crippen molar-refractivity contribution in [3.8, 4) is 5.75 Å². The Kier molecular flexibility index (Phi) is 9.80. The Labute approximate surface area is 244 Å². The lowest BCUT2D eigenvalue weighted by Gasteiger charge is -2.36. The minimum Gasteiger partial charge on any atom is -0.491 e. The van der Waals surface area contributed by atoms with E-state index >= 15 is 0 Å². The van der Waals surface area contributed by atoms with Crippen LogP contribution < -0.4 is 9.46 Å². The van der Waals surface area contributed by atoms with Crippen LogP contribution in [0, 0.1) is 23.4 Å².